The monoisotopic (exact) mass is 641 g/mol. The maximum absolute atomic E-state index is 13.2. The number of nitrogens with zero attached hydrogens (tertiary/aromatic N) is 5. The number of nitrogens with one attached hydrogen (secondary N) is 2. The van der Waals surface area contributed by atoms with Gasteiger partial charge in [0.2, 0.25) is 0 Å². The van der Waals surface area contributed by atoms with Gasteiger partial charge in [-0.05, 0) is 115 Å². The predicted octanol–water partition coefficient (Wildman–Crippen LogP) is 5.77. The molecule has 1 aromatic carbocycles. The number of hydrogen-bond acceptors (Lipinski definition) is 7. The fourth-order valence-corrected chi connectivity index (χ4v) is 7.66. The second-order valence-corrected chi connectivity index (χ2v) is 14.2. The van der Waals surface area contributed by atoms with Gasteiger partial charge in [0.25, 0.3) is 5.91 Å². The van der Waals surface area contributed by atoms with Crippen molar-refractivity contribution in [1.29, 1.82) is 0 Å². The topological polar surface area (TPSA) is 98.5 Å². The Labute approximate surface area is 268 Å². The van der Waals surface area contributed by atoms with Gasteiger partial charge in [0.1, 0.15) is 11.4 Å². The van der Waals surface area contributed by atoms with Crippen LogP contribution < -0.4 is 10.6 Å². The van der Waals surface area contributed by atoms with E-state index in [9.17, 15) is 23.1 Å². The SMILES string of the molecule is CN(CN1CCC(n2cc3cc(NC(=O)c4cccc(C(F)(F)F)n4)c(C(C)(C)O)cc3n2)CC1)C1CCC2(CCNCC2)CC1. The fourth-order valence-electron chi connectivity index (χ4n) is 7.66. The molecule has 1 saturated carbocycles. The summed E-state index contributed by atoms with van der Waals surface area (Å²) >= 11 is 0. The summed E-state index contributed by atoms with van der Waals surface area (Å²) in [7, 11) is 2.27. The second-order valence-electron chi connectivity index (χ2n) is 14.2. The lowest BCUT2D eigenvalue weighted by Gasteiger charge is -2.46. The highest BCUT2D eigenvalue weighted by atomic mass is 19.4. The summed E-state index contributed by atoms with van der Waals surface area (Å²) in [4.78, 5) is 21.6. The van der Waals surface area contributed by atoms with Gasteiger partial charge < -0.3 is 15.7 Å². The number of fused-ring (bicyclic) bond motifs is 1. The van der Waals surface area contributed by atoms with Crippen molar-refractivity contribution >= 4 is 22.5 Å². The van der Waals surface area contributed by atoms with Crippen LogP contribution in [0.1, 0.15) is 93.0 Å². The van der Waals surface area contributed by atoms with Gasteiger partial charge in [-0.1, -0.05) is 6.07 Å². The molecule has 6 rings (SSSR count). The van der Waals surface area contributed by atoms with Crippen LogP contribution in [0.25, 0.3) is 10.9 Å². The lowest BCUT2D eigenvalue weighted by atomic mass is 9.67. The zero-order valence-electron chi connectivity index (χ0n) is 27.0. The van der Waals surface area contributed by atoms with Gasteiger partial charge >= 0.3 is 6.18 Å². The van der Waals surface area contributed by atoms with E-state index in [2.05, 4.69) is 32.5 Å². The molecular formula is C34H46F3N7O2. The number of anilines is 1. The first-order valence-electron chi connectivity index (χ1n) is 16.5. The van der Waals surface area contributed by atoms with Crippen molar-refractivity contribution in [2.24, 2.45) is 5.41 Å². The van der Waals surface area contributed by atoms with Crippen LogP contribution >= 0.6 is 0 Å². The van der Waals surface area contributed by atoms with Gasteiger partial charge in [-0.15, -0.1) is 0 Å². The van der Waals surface area contributed by atoms with Crippen LogP contribution in [0.3, 0.4) is 0 Å². The Morgan fingerprint density at radius 3 is 2.43 bits per heavy atom. The lowest BCUT2D eigenvalue weighted by Crippen LogP contribution is -2.48. The van der Waals surface area contributed by atoms with E-state index in [0.29, 0.717) is 28.2 Å². The molecule has 2 saturated heterocycles. The van der Waals surface area contributed by atoms with Crippen molar-refractivity contribution in [1.82, 2.24) is 29.9 Å². The molecule has 0 unspecified atom stereocenters. The number of amides is 1. The molecule has 3 fully saturated rings. The van der Waals surface area contributed by atoms with E-state index in [1.54, 1.807) is 26.0 Å². The van der Waals surface area contributed by atoms with E-state index < -0.39 is 23.4 Å². The Hall–Kier alpha value is -3.06. The maximum atomic E-state index is 13.2. The smallest absolute Gasteiger partial charge is 0.386 e. The molecule has 46 heavy (non-hydrogen) atoms. The van der Waals surface area contributed by atoms with Crippen molar-refractivity contribution in [3.8, 4) is 0 Å². The molecule has 2 aromatic heterocycles. The van der Waals surface area contributed by atoms with Crippen LogP contribution in [0.5, 0.6) is 0 Å². The first kappa shape index (κ1) is 32.9. The largest absolute Gasteiger partial charge is 0.433 e. The molecule has 3 aromatic rings. The summed E-state index contributed by atoms with van der Waals surface area (Å²) < 4.78 is 41.5. The van der Waals surface area contributed by atoms with E-state index in [1.165, 1.54) is 57.7 Å². The molecule has 0 atom stereocenters. The highest BCUT2D eigenvalue weighted by molar-refractivity contribution is 6.04. The van der Waals surface area contributed by atoms with Gasteiger partial charge in [-0.3, -0.25) is 19.3 Å². The van der Waals surface area contributed by atoms with Crippen LogP contribution in [0.4, 0.5) is 18.9 Å². The number of carbonyl (C=O) groups excluding carboxylic acids is 1. The van der Waals surface area contributed by atoms with Crippen molar-refractivity contribution in [3.05, 3.63) is 53.5 Å². The van der Waals surface area contributed by atoms with Gasteiger partial charge in [-0.25, -0.2) is 4.98 Å². The number of alkyl halides is 3. The minimum atomic E-state index is -4.67. The number of likely N-dealkylation sites (tertiary alicyclic amines) is 1. The number of rotatable bonds is 7. The van der Waals surface area contributed by atoms with Crippen LogP contribution in [-0.2, 0) is 11.8 Å². The molecule has 1 aliphatic carbocycles. The van der Waals surface area contributed by atoms with Gasteiger partial charge in [0, 0.05) is 42.0 Å². The number of aliphatic hydroxyl groups is 1. The van der Waals surface area contributed by atoms with Crippen molar-refractivity contribution < 1.29 is 23.1 Å². The third-order valence-electron chi connectivity index (χ3n) is 10.5. The van der Waals surface area contributed by atoms with E-state index in [0.717, 1.165) is 50.1 Å². The minimum Gasteiger partial charge on any atom is -0.386 e. The van der Waals surface area contributed by atoms with E-state index in [4.69, 9.17) is 5.10 Å². The van der Waals surface area contributed by atoms with Gasteiger partial charge in [0.15, 0.2) is 0 Å². The third kappa shape index (κ3) is 7.25. The Kier molecular flexibility index (Phi) is 9.19. The number of hydrogen-bond donors (Lipinski definition) is 3. The lowest BCUT2D eigenvalue weighted by molar-refractivity contribution is -0.141. The molecule has 1 spiro atoms. The van der Waals surface area contributed by atoms with E-state index >= 15 is 0 Å². The normalized spacial score (nSPS) is 20.5. The molecule has 1 amide bonds. The number of pyridine rings is 1. The van der Waals surface area contributed by atoms with Crippen LogP contribution in [0.2, 0.25) is 0 Å². The molecule has 3 N–H and O–H groups in total. The molecule has 4 heterocycles. The fraction of sp³-hybridized carbons (Fsp3) is 0.618. The summed E-state index contributed by atoms with van der Waals surface area (Å²) in [5.41, 5.74) is -0.874. The molecule has 0 radical (unpaired) electrons. The van der Waals surface area contributed by atoms with Crippen LogP contribution in [0, 0.1) is 5.41 Å². The number of aromatic nitrogens is 3. The Morgan fingerprint density at radius 1 is 1.09 bits per heavy atom. The summed E-state index contributed by atoms with van der Waals surface area (Å²) in [6.45, 7) is 8.46. The standard InChI is InChI=1S/C34H46F3N7O2/c1-32(2,46)26-20-28-23(19-29(26)40-31(45)27-5-4-6-30(39-27)34(35,36)37)21-44(41-28)25-9-17-43(18-10-25)22-42(3)24-7-11-33(12-8-24)13-15-38-16-14-33/h4-6,19-21,24-25,38,46H,7-18,22H2,1-3H3,(H,40,45). The Bertz CT molecular complexity index is 1530. The van der Waals surface area contributed by atoms with Gasteiger partial charge in [0.05, 0.1) is 23.8 Å². The van der Waals surface area contributed by atoms with Crippen LogP contribution in [0.15, 0.2) is 36.5 Å². The zero-order chi connectivity index (χ0) is 32.7. The second kappa shape index (κ2) is 12.9. The van der Waals surface area contributed by atoms with Crippen molar-refractivity contribution in [2.75, 3.05) is 45.2 Å². The summed E-state index contributed by atoms with van der Waals surface area (Å²) in [5, 5.41) is 22.7. The molecule has 3 aliphatic rings. The minimum absolute atomic E-state index is 0.223. The molecule has 2 aliphatic heterocycles. The molecule has 12 heteroatoms. The number of benzene rings is 1. The third-order valence-corrected chi connectivity index (χ3v) is 10.5. The highest BCUT2D eigenvalue weighted by Crippen LogP contribution is 2.44. The summed E-state index contributed by atoms with van der Waals surface area (Å²) in [6.07, 6.45) is 7.14. The average molecular weight is 642 g/mol. The van der Waals surface area contributed by atoms with Crippen molar-refractivity contribution in [3.63, 3.8) is 0 Å². The maximum Gasteiger partial charge on any atom is 0.433 e. The molecule has 250 valence electrons. The zero-order valence-corrected chi connectivity index (χ0v) is 27.0. The molecular weight excluding hydrogens is 595 g/mol. The Balaban J connectivity index is 1.09. The van der Waals surface area contributed by atoms with E-state index in [1.807, 2.05) is 10.9 Å². The average Bonchev–Trinajstić information content (AvgIpc) is 3.44. The molecule has 0 bridgehead atoms. The first-order valence-corrected chi connectivity index (χ1v) is 16.5. The van der Waals surface area contributed by atoms with E-state index in [-0.39, 0.29) is 11.7 Å². The summed E-state index contributed by atoms with van der Waals surface area (Å²) in [5.74, 6) is -0.792. The predicted molar refractivity (Wildman–Crippen MR) is 171 cm³/mol. The number of halogens is 3. The Morgan fingerprint density at radius 2 is 1.78 bits per heavy atom. The van der Waals surface area contributed by atoms with Crippen molar-refractivity contribution in [2.45, 2.75) is 89.1 Å². The number of piperidine rings is 2. The first-order chi connectivity index (χ1) is 21.8. The van der Waals surface area contributed by atoms with Gasteiger partial charge in [-0.2, -0.15) is 18.3 Å². The quantitative estimate of drug-likeness (QED) is 0.302. The number of carbonyl (C=O) groups is 1. The van der Waals surface area contributed by atoms with Crippen LogP contribution in [-0.4, -0.2) is 81.5 Å². The highest BCUT2D eigenvalue weighted by Gasteiger charge is 2.38. The summed E-state index contributed by atoms with van der Waals surface area (Å²) in [6, 6.07) is 7.54. The molecule has 9 nitrogen and oxygen atoms in total.